The largest absolute Gasteiger partial charge is 0.339 e. The number of carbonyl (C=O) groups is 2. The molecule has 0 N–H and O–H groups in total. The van der Waals surface area contributed by atoms with Crippen molar-refractivity contribution in [2.45, 2.75) is 38.1 Å². The Morgan fingerprint density at radius 1 is 1.25 bits per heavy atom. The second kappa shape index (κ2) is 2.88. The first kappa shape index (κ1) is 7.77. The Morgan fingerprint density at radius 2 is 2.08 bits per heavy atom. The van der Waals surface area contributed by atoms with Crippen molar-refractivity contribution >= 4 is 11.7 Å². The zero-order chi connectivity index (χ0) is 8.55. The van der Waals surface area contributed by atoms with Crippen molar-refractivity contribution < 1.29 is 9.59 Å². The molecule has 2 saturated heterocycles. The molecule has 2 aliphatic rings. The summed E-state index contributed by atoms with van der Waals surface area (Å²) in [5.41, 5.74) is 0. The highest BCUT2D eigenvalue weighted by Gasteiger charge is 2.33. The van der Waals surface area contributed by atoms with Crippen LogP contribution in [-0.2, 0) is 9.59 Å². The molecule has 2 aliphatic heterocycles. The van der Waals surface area contributed by atoms with Crippen LogP contribution in [0.15, 0.2) is 0 Å². The van der Waals surface area contributed by atoms with Crippen LogP contribution in [0.4, 0.5) is 0 Å². The maximum absolute atomic E-state index is 11.3. The zero-order valence-corrected chi connectivity index (χ0v) is 7.08. The van der Waals surface area contributed by atoms with Crippen molar-refractivity contribution in [2.75, 3.05) is 6.54 Å². The molecule has 1 atom stereocenters. The van der Waals surface area contributed by atoms with Crippen molar-refractivity contribution in [1.29, 1.82) is 0 Å². The number of hydrogen-bond acceptors (Lipinski definition) is 2. The minimum absolute atomic E-state index is 0.243. The van der Waals surface area contributed by atoms with Crippen molar-refractivity contribution in [1.82, 2.24) is 4.90 Å². The van der Waals surface area contributed by atoms with Crippen LogP contribution >= 0.6 is 0 Å². The number of fused-ring (bicyclic) bond motifs is 1. The fourth-order valence-corrected chi connectivity index (χ4v) is 2.12. The van der Waals surface area contributed by atoms with E-state index in [2.05, 4.69) is 0 Å². The zero-order valence-electron chi connectivity index (χ0n) is 7.08. The molecule has 3 nitrogen and oxygen atoms in total. The minimum atomic E-state index is 0.243. The third-order valence-corrected chi connectivity index (χ3v) is 2.77. The van der Waals surface area contributed by atoms with Gasteiger partial charge in [-0.15, -0.1) is 0 Å². The average molecular weight is 167 g/mol. The van der Waals surface area contributed by atoms with Crippen LogP contribution in [0.25, 0.3) is 0 Å². The number of amides is 1. The number of rotatable bonds is 0. The molecular weight excluding hydrogens is 154 g/mol. The van der Waals surface area contributed by atoms with Gasteiger partial charge in [0.2, 0.25) is 5.91 Å². The maximum Gasteiger partial charge on any atom is 0.222 e. The molecule has 0 aromatic heterocycles. The van der Waals surface area contributed by atoms with Gasteiger partial charge >= 0.3 is 0 Å². The summed E-state index contributed by atoms with van der Waals surface area (Å²) in [6.07, 6.45) is 3.68. The van der Waals surface area contributed by atoms with E-state index in [1.54, 1.807) is 0 Å². The van der Waals surface area contributed by atoms with Crippen LogP contribution < -0.4 is 0 Å². The van der Waals surface area contributed by atoms with Crippen molar-refractivity contribution in [3.05, 3.63) is 0 Å². The first-order valence-corrected chi connectivity index (χ1v) is 4.58. The van der Waals surface area contributed by atoms with Gasteiger partial charge in [0, 0.05) is 31.8 Å². The molecule has 66 valence electrons. The normalized spacial score (nSPS) is 30.3. The van der Waals surface area contributed by atoms with E-state index >= 15 is 0 Å². The highest BCUT2D eigenvalue weighted by atomic mass is 16.2. The van der Waals surface area contributed by atoms with E-state index in [4.69, 9.17) is 0 Å². The lowest BCUT2D eigenvalue weighted by atomic mass is 10.1. The van der Waals surface area contributed by atoms with Gasteiger partial charge in [-0.1, -0.05) is 0 Å². The first-order chi connectivity index (χ1) is 5.77. The Morgan fingerprint density at radius 3 is 2.92 bits per heavy atom. The number of ketones is 1. The molecule has 12 heavy (non-hydrogen) atoms. The molecule has 0 radical (unpaired) electrons. The molecule has 0 bridgehead atoms. The van der Waals surface area contributed by atoms with Gasteiger partial charge in [0.15, 0.2) is 0 Å². The molecule has 0 aromatic carbocycles. The van der Waals surface area contributed by atoms with Crippen LogP contribution in [-0.4, -0.2) is 29.2 Å². The van der Waals surface area contributed by atoms with Gasteiger partial charge in [0.1, 0.15) is 5.78 Å². The lowest BCUT2D eigenvalue weighted by Gasteiger charge is -2.20. The van der Waals surface area contributed by atoms with E-state index in [-0.39, 0.29) is 11.9 Å². The predicted octanol–water partition coefficient (Wildman–Crippen LogP) is 0.730. The summed E-state index contributed by atoms with van der Waals surface area (Å²) in [7, 11) is 0. The van der Waals surface area contributed by atoms with E-state index in [1.807, 2.05) is 4.90 Å². The Bertz CT molecular complexity index is 225. The fourth-order valence-electron chi connectivity index (χ4n) is 2.12. The number of hydrogen-bond donors (Lipinski definition) is 0. The molecule has 1 unspecified atom stereocenters. The Labute approximate surface area is 71.7 Å². The molecule has 2 fully saturated rings. The van der Waals surface area contributed by atoms with Gasteiger partial charge in [-0.25, -0.2) is 0 Å². The van der Waals surface area contributed by atoms with Gasteiger partial charge in [-0.3, -0.25) is 9.59 Å². The fraction of sp³-hybridized carbons (Fsp3) is 0.778. The first-order valence-electron chi connectivity index (χ1n) is 4.58. The molecule has 0 aliphatic carbocycles. The molecule has 0 spiro atoms. The van der Waals surface area contributed by atoms with Gasteiger partial charge < -0.3 is 4.90 Å². The summed E-state index contributed by atoms with van der Waals surface area (Å²) >= 11 is 0. The van der Waals surface area contributed by atoms with E-state index < -0.39 is 0 Å². The standard InChI is InChI=1S/C9H13NO2/c11-8-2-1-5-10-7(6-8)3-4-9(10)12/h7H,1-6H2. The summed E-state index contributed by atoms with van der Waals surface area (Å²) in [4.78, 5) is 24.4. The maximum atomic E-state index is 11.3. The van der Waals surface area contributed by atoms with Gasteiger partial charge in [0.05, 0.1) is 0 Å². The molecule has 3 heteroatoms. The summed E-state index contributed by atoms with van der Waals surface area (Å²) in [6, 6.07) is 0.243. The number of Topliss-reactive ketones (excluding diaryl/α,β-unsaturated/α-hetero) is 1. The summed E-state index contributed by atoms with van der Waals surface area (Å²) in [6.45, 7) is 0.801. The monoisotopic (exact) mass is 167 g/mol. The Hall–Kier alpha value is -0.860. The topological polar surface area (TPSA) is 37.4 Å². The molecule has 0 aromatic rings. The van der Waals surface area contributed by atoms with E-state index in [9.17, 15) is 9.59 Å². The smallest absolute Gasteiger partial charge is 0.222 e. The van der Waals surface area contributed by atoms with Crippen molar-refractivity contribution in [2.24, 2.45) is 0 Å². The summed E-state index contributed by atoms with van der Waals surface area (Å²) < 4.78 is 0. The molecule has 1 amide bonds. The van der Waals surface area contributed by atoms with E-state index in [0.717, 1.165) is 19.4 Å². The Balaban J connectivity index is 2.12. The molecular formula is C9H13NO2. The molecule has 2 rings (SSSR count). The number of nitrogens with zero attached hydrogens (tertiary/aromatic N) is 1. The second-order valence-corrected chi connectivity index (χ2v) is 3.63. The Kier molecular flexibility index (Phi) is 1.87. The van der Waals surface area contributed by atoms with Crippen molar-refractivity contribution in [3.8, 4) is 0 Å². The average Bonchev–Trinajstić information content (AvgIpc) is 2.31. The summed E-state index contributed by atoms with van der Waals surface area (Å²) in [5.74, 6) is 0.576. The lowest BCUT2D eigenvalue weighted by Crippen LogP contribution is -2.32. The van der Waals surface area contributed by atoms with Crippen LogP contribution in [0.3, 0.4) is 0 Å². The quantitative estimate of drug-likeness (QED) is 0.533. The lowest BCUT2D eigenvalue weighted by molar-refractivity contribution is -0.128. The highest BCUT2D eigenvalue weighted by molar-refractivity contribution is 5.84. The second-order valence-electron chi connectivity index (χ2n) is 3.63. The molecule has 2 heterocycles. The van der Waals surface area contributed by atoms with Crippen LogP contribution in [0.1, 0.15) is 32.1 Å². The summed E-state index contributed by atoms with van der Waals surface area (Å²) in [5, 5.41) is 0. The predicted molar refractivity (Wildman–Crippen MR) is 43.6 cm³/mol. The SMILES string of the molecule is O=C1CCCN2C(=O)CCC2C1. The van der Waals surface area contributed by atoms with Crippen LogP contribution in [0.2, 0.25) is 0 Å². The van der Waals surface area contributed by atoms with Gasteiger partial charge in [-0.2, -0.15) is 0 Å². The van der Waals surface area contributed by atoms with Gasteiger partial charge in [-0.05, 0) is 12.8 Å². The third kappa shape index (κ3) is 1.24. The minimum Gasteiger partial charge on any atom is -0.339 e. The highest BCUT2D eigenvalue weighted by Crippen LogP contribution is 2.25. The number of carbonyl (C=O) groups excluding carboxylic acids is 2. The van der Waals surface area contributed by atoms with Crippen molar-refractivity contribution in [3.63, 3.8) is 0 Å². The van der Waals surface area contributed by atoms with E-state index in [0.29, 0.717) is 25.0 Å². The third-order valence-electron chi connectivity index (χ3n) is 2.77. The van der Waals surface area contributed by atoms with Crippen LogP contribution in [0, 0.1) is 0 Å². The van der Waals surface area contributed by atoms with Gasteiger partial charge in [0.25, 0.3) is 0 Å². The van der Waals surface area contributed by atoms with Crippen LogP contribution in [0.5, 0.6) is 0 Å². The molecule has 0 saturated carbocycles. The van der Waals surface area contributed by atoms with E-state index in [1.165, 1.54) is 0 Å².